The Morgan fingerprint density at radius 2 is 1.32 bits per heavy atom. The molecule has 0 spiro atoms. The van der Waals surface area contributed by atoms with Crippen molar-refractivity contribution in [1.82, 2.24) is 14.1 Å². The van der Waals surface area contributed by atoms with Gasteiger partial charge in [-0.2, -0.15) is 12.1 Å². The number of benzene rings is 9. The van der Waals surface area contributed by atoms with Crippen LogP contribution in [0.1, 0.15) is 48.3 Å². The summed E-state index contributed by atoms with van der Waals surface area (Å²) in [5.41, 5.74) is 9.07. The summed E-state index contributed by atoms with van der Waals surface area (Å²) in [6, 6.07) is 54.6. The van der Waals surface area contributed by atoms with E-state index in [-0.39, 0.29) is 28.3 Å². The molecule has 0 saturated carbocycles. The Balaban J connectivity index is 1.04. The number of para-hydroxylation sites is 5. The number of nitrogens with zero attached hydrogens (tertiary/aromatic N) is 5. The van der Waals surface area contributed by atoms with E-state index in [4.69, 9.17) is 20.7 Å². The Kier molecular flexibility index (Phi) is 8.15. The van der Waals surface area contributed by atoms with Crippen molar-refractivity contribution in [2.24, 2.45) is 0 Å². The van der Waals surface area contributed by atoms with E-state index in [0.29, 0.717) is 48.7 Å². The van der Waals surface area contributed by atoms with Crippen LogP contribution in [0.25, 0.3) is 66.9 Å². The van der Waals surface area contributed by atoms with Crippen LogP contribution in [0.15, 0.2) is 218 Å². The van der Waals surface area contributed by atoms with Crippen LogP contribution in [0, 0.1) is 22.8 Å². The van der Waals surface area contributed by atoms with E-state index in [2.05, 4.69) is 71.4 Å². The van der Waals surface area contributed by atoms with Crippen LogP contribution < -0.4 is 19.8 Å². The first-order valence-electron chi connectivity index (χ1n) is 29.8. The van der Waals surface area contributed by atoms with Gasteiger partial charge in [-0.05, 0) is 11.6 Å². The van der Waals surface area contributed by atoms with Crippen molar-refractivity contribution in [2.45, 2.75) is 33.0 Å². The maximum atomic E-state index is 9.42. The van der Waals surface area contributed by atoms with Gasteiger partial charge in [0.25, 0.3) is 0 Å². The van der Waals surface area contributed by atoms with E-state index in [1.165, 1.54) is 0 Å². The Labute approximate surface area is 454 Å². The van der Waals surface area contributed by atoms with Crippen molar-refractivity contribution in [3.8, 4) is 67.5 Å². The molecule has 0 aliphatic carbocycles. The standard InChI is InChI=1S/C65H48BN5O.Pt/c1-44-22-19-27-47(40-44)51-33-21-32-50(45-23-7-5-8-24-45)63(51)69-43-68(57-36-15-16-37-58(57)69)48-28-20-29-49(41-48)72-64-62(46-25-9-6-10-26-46)54(65(2,3)4)42-61(67-64)71-60-39-18-17-38-59(60)70-56-35-14-12-31-53(56)52-30-11-13-34-55(52)66(70)71;/h5-38,40,42H,1-4H3;/q-2;/i1D3,6D,9D,10D,19D,22D,25D,26D,27D,40D;. The molecule has 73 heavy (non-hydrogen) atoms. The van der Waals surface area contributed by atoms with Gasteiger partial charge in [0.15, 0.2) is 0 Å². The van der Waals surface area contributed by atoms with Gasteiger partial charge in [0.05, 0.1) is 1.37 Å². The molecule has 2 aliphatic heterocycles. The molecule has 0 bridgehead atoms. The summed E-state index contributed by atoms with van der Waals surface area (Å²) < 4.78 is 118. The molecular weight excluding hydrogens is 1070 g/mol. The van der Waals surface area contributed by atoms with Gasteiger partial charge in [-0.15, -0.1) is 6.07 Å². The Hall–Kier alpha value is -8.25. The average Bonchev–Trinajstić information content (AvgIpc) is 1.76. The predicted octanol–water partition coefficient (Wildman–Crippen LogP) is 15.6. The summed E-state index contributed by atoms with van der Waals surface area (Å²) in [6.45, 7) is 2.60. The second kappa shape index (κ2) is 17.8. The second-order valence-corrected chi connectivity index (χ2v) is 19.8. The van der Waals surface area contributed by atoms with Crippen LogP contribution in [0.4, 0.5) is 22.9 Å². The second-order valence-electron chi connectivity index (χ2n) is 18.8. The van der Waals surface area contributed by atoms with Crippen molar-refractivity contribution in [1.29, 1.82) is 0 Å². The molecule has 0 amide bonds. The molecular formula is C65H48BN5OPt-2. The van der Waals surface area contributed by atoms with Crippen LogP contribution in [0.2, 0.25) is 0 Å². The molecule has 354 valence electrons. The number of aromatic nitrogens is 3. The van der Waals surface area contributed by atoms with Crippen LogP contribution in [0.5, 0.6) is 11.6 Å². The molecule has 6 nitrogen and oxygen atoms in total. The Morgan fingerprint density at radius 1 is 0.630 bits per heavy atom. The molecule has 11 aromatic rings. The Morgan fingerprint density at radius 3 is 2.12 bits per heavy atom. The fourth-order valence-corrected chi connectivity index (χ4v) is 11.4. The monoisotopic (exact) mass is 1130 g/mol. The van der Waals surface area contributed by atoms with Crippen molar-refractivity contribution >= 4 is 46.4 Å². The van der Waals surface area contributed by atoms with Gasteiger partial charge in [0.2, 0.25) is 0 Å². The zero-order valence-electron chi connectivity index (χ0n) is 51.6. The van der Waals surface area contributed by atoms with Crippen molar-refractivity contribution in [3.05, 3.63) is 245 Å². The molecule has 2 aromatic heterocycles. The van der Waals surface area contributed by atoms with Gasteiger partial charge in [-0.3, -0.25) is 0 Å². The molecule has 4 heterocycles. The number of rotatable bonds is 8. The number of fused-ring (bicyclic) bond motifs is 9. The maximum absolute atomic E-state index is 9.42. The van der Waals surface area contributed by atoms with Gasteiger partial charge in [-0.1, -0.05) is 42.5 Å². The third-order valence-corrected chi connectivity index (χ3v) is 14.4. The fourth-order valence-electron chi connectivity index (χ4n) is 10.3. The van der Waals surface area contributed by atoms with Crippen molar-refractivity contribution < 1.29 is 40.5 Å². The number of imidazole rings is 1. The van der Waals surface area contributed by atoms with Gasteiger partial charge in [-0.25, -0.2) is 0 Å². The van der Waals surface area contributed by atoms with Crippen molar-refractivity contribution in [2.75, 3.05) is 9.62 Å². The molecule has 0 unspecified atom stereocenters. The van der Waals surface area contributed by atoms with Gasteiger partial charge in [0, 0.05) is 11.3 Å². The first kappa shape index (κ1) is 33.4. The fraction of sp³-hybridized carbons (Fsp3) is 0.0769. The number of hydrogen-bond acceptors (Lipinski definition) is 4. The van der Waals surface area contributed by atoms with Crippen LogP contribution >= 0.6 is 0 Å². The topological polar surface area (TPSA) is 38.5 Å². The molecule has 8 heteroatoms. The van der Waals surface area contributed by atoms with E-state index >= 15 is 0 Å². The summed E-state index contributed by atoms with van der Waals surface area (Å²) in [7, 11) is 0. The molecule has 0 fully saturated rings. The van der Waals surface area contributed by atoms with Gasteiger partial charge in [0.1, 0.15) is 0 Å². The van der Waals surface area contributed by atoms with E-state index in [1.807, 2.05) is 139 Å². The third kappa shape index (κ3) is 7.52. The van der Waals surface area contributed by atoms with Gasteiger partial charge < -0.3 is 0 Å². The minimum atomic E-state index is -2.93. The van der Waals surface area contributed by atoms with E-state index in [9.17, 15) is 5.48 Å². The normalized spacial score (nSPS) is 15.2. The molecule has 2 aliphatic rings. The third-order valence-electron chi connectivity index (χ3n) is 13.4. The van der Waals surface area contributed by atoms with E-state index in [0.717, 1.165) is 39.2 Å². The SMILES string of the molecule is [2H]c1c([2H])c([2H])c(-c2c(C(C)(C)C)cc(N3B4c5ccccc5-c5ccccc5N4c4ccc[c-]c43)nc2Oc2[c-]c(-n3[c](=[Pt])n(-c4c(-c5ccccc5)cccc4-c4c([2H])c([2H])c([2H])c(C([2H])([2H])[2H])c4[2H])c4ccccc43)ccc2)c([2H])c1[2H]. The quantitative estimate of drug-likeness (QED) is 0.112. The average molecular weight is 1130 g/mol. The molecule has 0 N–H and O–H groups in total. The number of pyridine rings is 1. The first-order valence-corrected chi connectivity index (χ1v) is 24.9. The number of hydrogen-bond donors (Lipinski definition) is 0. The van der Waals surface area contributed by atoms with Gasteiger partial charge >= 0.3 is 372 Å². The molecule has 13 rings (SSSR count). The number of ether oxygens (including phenoxy) is 1. The van der Waals surface area contributed by atoms with Crippen molar-refractivity contribution in [3.63, 3.8) is 0 Å². The minimum absolute atomic E-state index is 0.0419. The molecule has 9 aromatic carbocycles. The zero-order valence-corrected chi connectivity index (χ0v) is 41.9. The summed E-state index contributed by atoms with van der Waals surface area (Å²) in [5, 5.41) is 0. The van der Waals surface area contributed by atoms with Crippen LogP contribution in [-0.2, 0) is 24.8 Å². The van der Waals surface area contributed by atoms with E-state index in [1.54, 1.807) is 24.3 Å². The molecule has 0 saturated heterocycles. The summed E-state index contributed by atoms with van der Waals surface area (Å²) in [6.07, 6.45) is 0. The number of anilines is 4. The van der Waals surface area contributed by atoms with Crippen LogP contribution in [-0.4, -0.2) is 21.1 Å². The predicted molar refractivity (Wildman–Crippen MR) is 296 cm³/mol. The molecule has 0 radical (unpaired) electrons. The summed E-state index contributed by atoms with van der Waals surface area (Å²) in [4.78, 5) is 9.82. The first-order chi connectivity index (χ1) is 40.7. The zero-order chi connectivity index (χ0) is 59.7. The molecule has 0 atom stereocenters. The summed E-state index contributed by atoms with van der Waals surface area (Å²) >= 11 is 2.21. The van der Waals surface area contributed by atoms with Crippen LogP contribution in [0.3, 0.4) is 0 Å². The summed E-state index contributed by atoms with van der Waals surface area (Å²) in [5.74, 6) is 0.576. The van der Waals surface area contributed by atoms with E-state index < -0.39 is 79.2 Å². The Bertz CT molecular complexity index is 4650.